The first-order valence-corrected chi connectivity index (χ1v) is 5.51. The van der Waals surface area contributed by atoms with Crippen LogP contribution in [0.3, 0.4) is 0 Å². The Morgan fingerprint density at radius 2 is 2.00 bits per heavy atom. The molecular formula is C12H17N3O2. The maximum absolute atomic E-state index is 11.4. The van der Waals surface area contributed by atoms with Crippen LogP contribution < -0.4 is 10.6 Å². The third kappa shape index (κ3) is 4.63. The van der Waals surface area contributed by atoms with Gasteiger partial charge in [-0.2, -0.15) is 0 Å². The van der Waals surface area contributed by atoms with E-state index in [9.17, 15) is 9.59 Å². The number of pyridine rings is 1. The molecule has 1 aromatic rings. The van der Waals surface area contributed by atoms with E-state index in [-0.39, 0.29) is 0 Å². The maximum atomic E-state index is 11.4. The summed E-state index contributed by atoms with van der Waals surface area (Å²) in [6, 6.07) is 3.47. The fraction of sp³-hybridized carbons (Fsp3) is 0.417. The Balaban J connectivity index is 2.48. The minimum absolute atomic E-state index is 0.309. The third-order valence-corrected chi connectivity index (χ3v) is 2.03. The molecule has 0 unspecified atom stereocenters. The molecule has 0 saturated carbocycles. The molecule has 0 atom stereocenters. The highest BCUT2D eigenvalue weighted by Gasteiger charge is 2.13. The van der Waals surface area contributed by atoms with Crippen LogP contribution in [0.5, 0.6) is 0 Å². The quantitative estimate of drug-likeness (QED) is 0.771. The number of hydrogen-bond acceptors (Lipinski definition) is 3. The van der Waals surface area contributed by atoms with E-state index in [0.29, 0.717) is 18.3 Å². The lowest BCUT2D eigenvalue weighted by Gasteiger charge is -2.07. The smallest absolute Gasteiger partial charge is 0.314 e. The molecule has 0 radical (unpaired) electrons. The van der Waals surface area contributed by atoms with Crippen molar-refractivity contribution in [1.29, 1.82) is 0 Å². The summed E-state index contributed by atoms with van der Waals surface area (Å²) in [6.07, 6.45) is 1.63. The molecule has 0 aromatic carbocycles. The van der Waals surface area contributed by atoms with Crippen LogP contribution in [0.4, 0.5) is 5.82 Å². The topological polar surface area (TPSA) is 71.1 Å². The first-order chi connectivity index (χ1) is 7.99. The summed E-state index contributed by atoms with van der Waals surface area (Å²) in [5, 5.41) is 4.97. The van der Waals surface area contributed by atoms with Crippen molar-refractivity contribution in [3.05, 3.63) is 23.9 Å². The van der Waals surface area contributed by atoms with Crippen LogP contribution >= 0.6 is 0 Å². The van der Waals surface area contributed by atoms with E-state index < -0.39 is 11.8 Å². The summed E-state index contributed by atoms with van der Waals surface area (Å²) in [6.45, 7) is 6.29. The van der Waals surface area contributed by atoms with E-state index in [0.717, 1.165) is 5.56 Å². The first-order valence-electron chi connectivity index (χ1n) is 5.51. The molecule has 5 nitrogen and oxygen atoms in total. The summed E-state index contributed by atoms with van der Waals surface area (Å²) >= 11 is 0. The van der Waals surface area contributed by atoms with Gasteiger partial charge in [-0.3, -0.25) is 9.59 Å². The molecule has 0 aliphatic heterocycles. The molecule has 1 rings (SSSR count). The Morgan fingerprint density at radius 3 is 2.53 bits per heavy atom. The Hall–Kier alpha value is -1.91. The Kier molecular flexibility index (Phi) is 4.63. The van der Waals surface area contributed by atoms with Crippen LogP contribution in [-0.2, 0) is 9.59 Å². The van der Waals surface area contributed by atoms with E-state index in [1.54, 1.807) is 12.3 Å². The molecule has 0 spiro atoms. The van der Waals surface area contributed by atoms with Gasteiger partial charge in [0.25, 0.3) is 0 Å². The second-order valence-corrected chi connectivity index (χ2v) is 4.28. The van der Waals surface area contributed by atoms with E-state index in [4.69, 9.17) is 0 Å². The zero-order valence-corrected chi connectivity index (χ0v) is 10.3. The highest BCUT2D eigenvalue weighted by Crippen LogP contribution is 2.03. The van der Waals surface area contributed by atoms with Gasteiger partial charge in [0.1, 0.15) is 5.82 Å². The average molecular weight is 235 g/mol. The molecule has 0 aliphatic rings. The van der Waals surface area contributed by atoms with Gasteiger partial charge in [0.05, 0.1) is 0 Å². The van der Waals surface area contributed by atoms with Gasteiger partial charge in [-0.05, 0) is 24.5 Å². The highest BCUT2D eigenvalue weighted by molar-refractivity contribution is 6.39. The molecule has 0 aliphatic carbocycles. The fourth-order valence-electron chi connectivity index (χ4n) is 1.09. The molecule has 2 amide bonds. The Labute approximate surface area is 101 Å². The summed E-state index contributed by atoms with van der Waals surface area (Å²) < 4.78 is 0. The van der Waals surface area contributed by atoms with Gasteiger partial charge >= 0.3 is 11.8 Å². The molecule has 92 valence electrons. The lowest BCUT2D eigenvalue weighted by molar-refractivity contribution is -0.136. The van der Waals surface area contributed by atoms with Crippen molar-refractivity contribution in [3.8, 4) is 0 Å². The zero-order valence-electron chi connectivity index (χ0n) is 10.3. The number of nitrogens with zero attached hydrogens (tertiary/aromatic N) is 1. The van der Waals surface area contributed by atoms with Crippen molar-refractivity contribution in [1.82, 2.24) is 10.3 Å². The normalized spacial score (nSPS) is 10.1. The second-order valence-electron chi connectivity index (χ2n) is 4.28. The monoisotopic (exact) mass is 235 g/mol. The van der Waals surface area contributed by atoms with Crippen LogP contribution in [-0.4, -0.2) is 23.3 Å². The number of hydrogen-bond donors (Lipinski definition) is 2. The van der Waals surface area contributed by atoms with Crippen molar-refractivity contribution in [2.24, 2.45) is 5.92 Å². The van der Waals surface area contributed by atoms with Gasteiger partial charge in [-0.15, -0.1) is 0 Å². The molecule has 0 bridgehead atoms. The number of carbonyl (C=O) groups excluding carboxylic acids is 2. The standard InChI is InChI=1S/C12H17N3O2/c1-8(2)6-14-11(16)12(17)15-10-5-4-9(3)7-13-10/h4-5,7-8H,6H2,1-3H3,(H,14,16)(H,13,15,17). The van der Waals surface area contributed by atoms with Crippen LogP contribution in [0.2, 0.25) is 0 Å². The van der Waals surface area contributed by atoms with Crippen LogP contribution in [0.25, 0.3) is 0 Å². The summed E-state index contributed by atoms with van der Waals surface area (Å²) in [5.41, 5.74) is 0.993. The van der Waals surface area contributed by atoms with Crippen LogP contribution in [0, 0.1) is 12.8 Å². The average Bonchev–Trinajstić information content (AvgIpc) is 2.28. The Morgan fingerprint density at radius 1 is 1.29 bits per heavy atom. The number of amides is 2. The summed E-state index contributed by atoms with van der Waals surface area (Å²) in [4.78, 5) is 26.8. The van der Waals surface area contributed by atoms with Crippen molar-refractivity contribution in [2.45, 2.75) is 20.8 Å². The van der Waals surface area contributed by atoms with E-state index >= 15 is 0 Å². The lowest BCUT2D eigenvalue weighted by atomic mass is 10.2. The van der Waals surface area contributed by atoms with Crippen LogP contribution in [0.15, 0.2) is 18.3 Å². The first kappa shape index (κ1) is 13.2. The third-order valence-electron chi connectivity index (χ3n) is 2.03. The molecule has 1 aromatic heterocycles. The SMILES string of the molecule is Cc1ccc(NC(=O)C(=O)NCC(C)C)nc1. The van der Waals surface area contributed by atoms with Gasteiger partial charge in [-0.25, -0.2) is 4.98 Å². The largest absolute Gasteiger partial charge is 0.348 e. The fourth-order valence-corrected chi connectivity index (χ4v) is 1.09. The minimum atomic E-state index is -0.693. The zero-order chi connectivity index (χ0) is 12.8. The van der Waals surface area contributed by atoms with Crippen molar-refractivity contribution in [2.75, 3.05) is 11.9 Å². The molecule has 0 saturated heterocycles. The number of rotatable bonds is 3. The van der Waals surface area contributed by atoms with Crippen molar-refractivity contribution in [3.63, 3.8) is 0 Å². The molecule has 0 fully saturated rings. The highest BCUT2D eigenvalue weighted by atomic mass is 16.2. The van der Waals surface area contributed by atoms with E-state index in [1.807, 2.05) is 26.8 Å². The molecule has 1 heterocycles. The summed E-state index contributed by atoms with van der Waals surface area (Å²) in [7, 11) is 0. The number of nitrogens with one attached hydrogen (secondary N) is 2. The van der Waals surface area contributed by atoms with Gasteiger partial charge < -0.3 is 10.6 Å². The maximum Gasteiger partial charge on any atom is 0.314 e. The molecule has 17 heavy (non-hydrogen) atoms. The van der Waals surface area contributed by atoms with Gasteiger partial charge in [0, 0.05) is 12.7 Å². The number of aromatic nitrogens is 1. The summed E-state index contributed by atoms with van der Waals surface area (Å²) in [5.74, 6) is -0.646. The van der Waals surface area contributed by atoms with Gasteiger partial charge in [0.15, 0.2) is 0 Å². The molecular weight excluding hydrogens is 218 g/mol. The molecule has 5 heteroatoms. The van der Waals surface area contributed by atoms with Gasteiger partial charge in [-0.1, -0.05) is 19.9 Å². The van der Waals surface area contributed by atoms with Gasteiger partial charge in [0.2, 0.25) is 0 Å². The van der Waals surface area contributed by atoms with Crippen molar-refractivity contribution < 1.29 is 9.59 Å². The van der Waals surface area contributed by atoms with E-state index in [1.165, 1.54) is 0 Å². The second kappa shape index (κ2) is 5.98. The van der Waals surface area contributed by atoms with Crippen LogP contribution in [0.1, 0.15) is 19.4 Å². The van der Waals surface area contributed by atoms with E-state index in [2.05, 4.69) is 15.6 Å². The predicted molar refractivity (Wildman–Crippen MR) is 65.5 cm³/mol. The van der Waals surface area contributed by atoms with Crippen molar-refractivity contribution >= 4 is 17.6 Å². The number of aryl methyl sites for hydroxylation is 1. The molecule has 2 N–H and O–H groups in total. The minimum Gasteiger partial charge on any atom is -0.348 e. The number of anilines is 1. The predicted octanol–water partition coefficient (Wildman–Crippen LogP) is 1.10. The Bertz CT molecular complexity index is 399. The lowest BCUT2D eigenvalue weighted by Crippen LogP contribution is -2.37. The number of carbonyl (C=O) groups is 2.